The van der Waals surface area contributed by atoms with E-state index in [0.29, 0.717) is 12.8 Å². The minimum Gasteiger partial charge on any atom is -0.477 e. The smallest absolute Gasteiger partial charge is 0.364 e. The van der Waals surface area contributed by atoms with Crippen LogP contribution in [0.15, 0.2) is 24.3 Å². The van der Waals surface area contributed by atoms with Crippen molar-refractivity contribution in [2.75, 3.05) is 46.2 Å². The van der Waals surface area contributed by atoms with Gasteiger partial charge >= 0.3 is 11.9 Å². The van der Waals surface area contributed by atoms with Gasteiger partial charge in [0, 0.05) is 45.4 Å². The van der Waals surface area contributed by atoms with Gasteiger partial charge in [-0.05, 0) is 51.9 Å². The summed E-state index contributed by atoms with van der Waals surface area (Å²) < 4.78 is 72.6. The summed E-state index contributed by atoms with van der Waals surface area (Å²) in [6, 6.07) is -5.10. The maximum Gasteiger partial charge on any atom is 0.364 e. The molecule has 0 aromatic rings. The third kappa shape index (κ3) is 34.7. The third-order valence-corrected chi connectivity index (χ3v) is 25.0. The first-order valence-corrected chi connectivity index (χ1v) is 47.1. The van der Waals surface area contributed by atoms with E-state index in [1.807, 2.05) is 0 Å². The lowest BCUT2D eigenvalue weighted by atomic mass is 9.86. The van der Waals surface area contributed by atoms with Crippen molar-refractivity contribution in [3.63, 3.8) is 0 Å². The Hall–Kier alpha value is -4.74. The number of amides is 3. The molecule has 0 aromatic heterocycles. The number of ether oxygens (including phenoxy) is 12. The van der Waals surface area contributed by atoms with Crippen LogP contribution in [0, 0.1) is 5.92 Å². The Morgan fingerprint density at radius 1 is 0.435 bits per heavy atom. The number of aliphatic carboxylic acids is 2. The van der Waals surface area contributed by atoms with E-state index in [-0.39, 0.29) is 6.42 Å². The van der Waals surface area contributed by atoms with Crippen molar-refractivity contribution < 1.29 is 193 Å². The summed E-state index contributed by atoms with van der Waals surface area (Å²) in [5, 5.41) is 246. The first-order chi connectivity index (χ1) is 62.6. The maximum atomic E-state index is 14.4. The molecule has 0 aromatic carbocycles. The number of Topliss-reactive ketones (excluding diaryl/α,β-unsaturated/α-hetero) is 1. The van der Waals surface area contributed by atoms with E-state index in [2.05, 4.69) is 41.9 Å². The maximum absolute atomic E-state index is 14.4. The zero-order chi connectivity index (χ0) is 96.7. The fraction of sp³-hybridized carbons (Fsp3) is 0.888. The van der Waals surface area contributed by atoms with E-state index in [0.717, 1.165) is 117 Å². The molecule has 34 unspecified atom stereocenters. The normalized spacial score (nSPS) is 34.5. The molecule has 6 fully saturated rings. The number of hydrogen-bond acceptors (Lipinski definition) is 37. The largest absolute Gasteiger partial charge is 0.477 e. The molecule has 24 N–H and O–H groups in total. The van der Waals surface area contributed by atoms with Gasteiger partial charge in [0.15, 0.2) is 25.2 Å². The summed E-state index contributed by atoms with van der Waals surface area (Å²) in [6.45, 7) is -0.788. The number of unbranched alkanes of at least 4 members (excludes halogenated alkanes) is 26. The highest BCUT2D eigenvalue weighted by molar-refractivity contribution is 5.78. The summed E-state index contributed by atoms with van der Waals surface area (Å²) in [6.07, 6.45) is -25.6. The average Bonchev–Trinajstić information content (AvgIpc) is 0.730. The van der Waals surface area contributed by atoms with Crippen molar-refractivity contribution >= 4 is 35.4 Å². The third-order valence-electron chi connectivity index (χ3n) is 25.0. The number of carbonyl (C=O) groups excluding carboxylic acids is 4. The van der Waals surface area contributed by atoms with E-state index in [1.165, 1.54) is 83.1 Å². The molecule has 6 aliphatic rings. The zero-order valence-electron chi connectivity index (χ0n) is 76.3. The highest BCUT2D eigenvalue weighted by Gasteiger charge is 2.64. The van der Waals surface area contributed by atoms with Crippen LogP contribution in [0.3, 0.4) is 0 Å². The first kappa shape index (κ1) is 115. The molecule has 6 saturated heterocycles. The standard InChI is InChI=1S/C89H155N3O39/c1-6-8-10-12-14-16-18-20-21-22-23-24-25-27-29-31-33-35-37-39-64(106)92-54(55(102)38-36-34-32-30-28-26-19-17-15-13-11-9-7-2)49-120-83-74(114)72(112)77(62(47-97)123-83)126-85-75(115)81(78(63(48-98)124-85)127-82-53(40-50(3)99)76(69(109)60(45-95)121-82)125-84-73(113)71(111)68(108)59(44-94)122-84)131-89(87(118)119)42-57(104)66(91-52(5)101)80(130-89)70(110)61(46-96)128-88(86(116)117)41-56(103)65(90-51(4)100)79(129-88)67(107)58(105)43-93/h20-21,36,38,53-63,65-85,93-98,102-105,107-115H,6-19,22-35,37,39-49H2,1-5H3,(H,90,100)(H,91,101)(H,92,106)(H,116,117)(H,118,119). The Balaban J connectivity index is 1.31. The summed E-state index contributed by atoms with van der Waals surface area (Å²) in [4.78, 5) is 80.6. The van der Waals surface area contributed by atoms with E-state index in [1.54, 1.807) is 6.08 Å². The van der Waals surface area contributed by atoms with Crippen molar-refractivity contribution in [3.05, 3.63) is 24.3 Å². The molecular formula is C89H155N3O39. The Morgan fingerprint density at radius 3 is 1.34 bits per heavy atom. The van der Waals surface area contributed by atoms with E-state index in [9.17, 15) is 136 Å². The minimum atomic E-state index is -3.68. The van der Waals surface area contributed by atoms with Gasteiger partial charge in [-0.25, -0.2) is 9.59 Å². The van der Waals surface area contributed by atoms with Crippen LogP contribution in [-0.2, 0) is 85.6 Å². The van der Waals surface area contributed by atoms with Crippen LogP contribution in [0.1, 0.15) is 247 Å². The molecule has 6 heterocycles. The zero-order valence-corrected chi connectivity index (χ0v) is 76.3. The highest BCUT2D eigenvalue weighted by Crippen LogP contribution is 2.44. The molecule has 3 amide bonds. The Morgan fingerprint density at radius 2 is 0.855 bits per heavy atom. The summed E-state index contributed by atoms with van der Waals surface area (Å²) in [5.41, 5.74) is 0. The van der Waals surface area contributed by atoms with Crippen LogP contribution in [0.2, 0.25) is 0 Å². The van der Waals surface area contributed by atoms with Gasteiger partial charge in [-0.1, -0.05) is 179 Å². The lowest BCUT2D eigenvalue weighted by Crippen LogP contribution is -2.72. The van der Waals surface area contributed by atoms with Crippen LogP contribution >= 0.6 is 0 Å². The van der Waals surface area contributed by atoms with Crippen LogP contribution in [0.5, 0.6) is 0 Å². The van der Waals surface area contributed by atoms with E-state index >= 15 is 0 Å². The molecule has 6 rings (SSSR count). The molecule has 0 spiro atoms. The minimum absolute atomic E-state index is 0.0826. The fourth-order valence-electron chi connectivity index (χ4n) is 17.6. The van der Waals surface area contributed by atoms with Gasteiger partial charge < -0.3 is 185 Å². The number of hydrogen-bond donors (Lipinski definition) is 24. The number of carboxylic acid groups (broad SMARTS) is 2. The molecule has 0 radical (unpaired) electrons. The van der Waals surface area contributed by atoms with Crippen LogP contribution < -0.4 is 16.0 Å². The Labute approximate surface area is 765 Å². The molecule has 42 heteroatoms. The van der Waals surface area contributed by atoms with Crippen molar-refractivity contribution in [2.24, 2.45) is 5.92 Å². The van der Waals surface area contributed by atoms with E-state index < -0.39 is 308 Å². The molecule has 34 atom stereocenters. The molecule has 42 nitrogen and oxygen atoms in total. The van der Waals surface area contributed by atoms with E-state index in [4.69, 9.17) is 56.8 Å². The van der Waals surface area contributed by atoms with Gasteiger partial charge in [-0.2, -0.15) is 0 Å². The molecule has 0 aliphatic carbocycles. The molecule has 760 valence electrons. The molecule has 6 aliphatic heterocycles. The van der Waals surface area contributed by atoms with Crippen molar-refractivity contribution in [1.82, 2.24) is 16.0 Å². The van der Waals surface area contributed by atoms with Gasteiger partial charge in [0.05, 0.1) is 88.8 Å². The number of carboxylic acids is 2. The second kappa shape index (κ2) is 59.5. The van der Waals surface area contributed by atoms with Gasteiger partial charge in [0.2, 0.25) is 17.7 Å². The lowest BCUT2D eigenvalue weighted by molar-refractivity contribution is -0.407. The average molecular weight is 1890 g/mol. The summed E-state index contributed by atoms with van der Waals surface area (Å²) >= 11 is 0. The number of ketones is 1. The first-order valence-electron chi connectivity index (χ1n) is 47.1. The van der Waals surface area contributed by atoms with Gasteiger partial charge in [-0.15, -0.1) is 0 Å². The summed E-state index contributed by atoms with van der Waals surface area (Å²) in [5.74, 6) is -16.5. The molecular weight excluding hydrogens is 1730 g/mol. The lowest BCUT2D eigenvalue weighted by Gasteiger charge is -2.53. The fourth-order valence-corrected chi connectivity index (χ4v) is 17.6. The second-order valence-electron chi connectivity index (χ2n) is 35.6. The SMILES string of the molecule is CCCCCCCCC=CCCCCCCCCCCCC(=O)NC(COC1OC(CO)C(OC2OC(CO)C(OC3OC(CO)C(O)C(OC4OC(CO)C(O)C(O)C4O)C3CC(C)=O)C(OC3(C(=O)O)CC(O)C(NC(C)=O)C(C(O)C(CO)OC4(C(=O)O)CC(O)C(NC(C)=O)C(C(O)C(O)CO)O4)O3)C2O)C(O)C1O)C(O)C=CCCCCCCCCCCCCC. The number of rotatable bonds is 63. The van der Waals surface area contributed by atoms with Crippen LogP contribution in [0.4, 0.5) is 0 Å². The summed E-state index contributed by atoms with van der Waals surface area (Å²) in [7, 11) is 0. The van der Waals surface area contributed by atoms with Crippen molar-refractivity contribution in [2.45, 2.75) is 448 Å². The number of allylic oxidation sites excluding steroid dienone is 3. The number of aliphatic hydroxyl groups excluding tert-OH is 19. The number of nitrogens with one attached hydrogen (secondary N) is 3. The number of aliphatic hydroxyl groups is 19. The Bertz CT molecular complexity index is 3320. The molecule has 0 saturated carbocycles. The van der Waals surface area contributed by atoms with Crippen molar-refractivity contribution in [3.8, 4) is 0 Å². The predicted molar refractivity (Wildman–Crippen MR) is 459 cm³/mol. The molecule has 131 heavy (non-hydrogen) atoms. The quantitative estimate of drug-likeness (QED) is 0.0245. The Kier molecular flexibility index (Phi) is 52.2. The molecule has 0 bridgehead atoms. The monoisotopic (exact) mass is 1890 g/mol. The van der Waals surface area contributed by atoms with Crippen LogP contribution in [0.25, 0.3) is 0 Å². The van der Waals surface area contributed by atoms with Crippen molar-refractivity contribution in [1.29, 1.82) is 0 Å². The topological polar surface area (TPSA) is 674 Å². The van der Waals surface area contributed by atoms with Crippen LogP contribution in [-0.4, -0.2) is 390 Å². The predicted octanol–water partition coefficient (Wildman–Crippen LogP) is -1.44. The van der Waals surface area contributed by atoms with Gasteiger partial charge in [0.1, 0.15) is 128 Å². The van der Waals surface area contributed by atoms with Gasteiger partial charge in [0.25, 0.3) is 11.6 Å². The second-order valence-corrected chi connectivity index (χ2v) is 35.6. The highest BCUT2D eigenvalue weighted by atomic mass is 16.8. The van der Waals surface area contributed by atoms with Gasteiger partial charge in [-0.3, -0.25) is 14.4 Å². The number of carbonyl (C=O) groups is 6.